The number of ether oxygens (including phenoxy) is 2. The maximum Gasteiger partial charge on any atom is 0.329 e. The largest absolute Gasteiger partial charge is 0.491 e. The van der Waals surface area contributed by atoms with Crippen LogP contribution in [-0.4, -0.2) is 81.2 Å². The number of H-pyrrole nitrogens is 1. The number of aryl methyl sites for hydroxylation is 2. The third-order valence-corrected chi connectivity index (χ3v) is 6.19. The number of aromatic amines is 1. The van der Waals surface area contributed by atoms with Crippen LogP contribution in [0.2, 0.25) is 0 Å². The van der Waals surface area contributed by atoms with Gasteiger partial charge in [-0.25, -0.2) is 4.79 Å². The second-order valence-electron chi connectivity index (χ2n) is 8.74. The molecule has 1 aromatic carbocycles. The Morgan fingerprint density at radius 2 is 2.09 bits per heavy atom. The number of benzene rings is 1. The minimum atomic E-state index is -0.900. The number of aliphatic hydroxyl groups is 1. The molecule has 3 aromatic rings. The highest BCUT2D eigenvalue weighted by Gasteiger charge is 2.20. The van der Waals surface area contributed by atoms with Crippen molar-refractivity contribution in [1.29, 1.82) is 0 Å². The Kier molecular flexibility index (Phi) is 8.21. The highest BCUT2D eigenvalue weighted by Crippen LogP contribution is 2.18. The van der Waals surface area contributed by atoms with Gasteiger partial charge in [0.15, 0.2) is 11.2 Å². The number of morpholine rings is 1. The maximum absolute atomic E-state index is 12.7. The SMILES string of the molecule is CCc1cccc(OCC(O)Cn2c(NCCCN3CCOCC3)nc3c2c(=O)[nH]c(=O)n3C)c1. The van der Waals surface area contributed by atoms with Gasteiger partial charge in [-0.3, -0.25) is 19.2 Å². The first kappa shape index (κ1) is 25.0. The van der Waals surface area contributed by atoms with Crippen LogP contribution in [0.4, 0.5) is 5.95 Å². The zero-order chi connectivity index (χ0) is 24.8. The van der Waals surface area contributed by atoms with Crippen molar-refractivity contribution in [2.45, 2.75) is 32.4 Å². The van der Waals surface area contributed by atoms with Crippen LogP contribution in [0, 0.1) is 0 Å². The number of anilines is 1. The van der Waals surface area contributed by atoms with Crippen LogP contribution in [-0.2, 0) is 24.8 Å². The first-order chi connectivity index (χ1) is 17.0. The van der Waals surface area contributed by atoms with Gasteiger partial charge >= 0.3 is 5.69 Å². The van der Waals surface area contributed by atoms with E-state index in [0.717, 1.165) is 51.3 Å². The summed E-state index contributed by atoms with van der Waals surface area (Å²) < 4.78 is 14.1. The molecule has 1 saturated heterocycles. The van der Waals surface area contributed by atoms with E-state index in [1.54, 1.807) is 11.6 Å². The van der Waals surface area contributed by atoms with Gasteiger partial charge in [-0.2, -0.15) is 4.98 Å². The first-order valence-electron chi connectivity index (χ1n) is 12.1. The van der Waals surface area contributed by atoms with Crippen molar-refractivity contribution in [2.75, 3.05) is 51.3 Å². The van der Waals surface area contributed by atoms with Crippen LogP contribution in [0.5, 0.6) is 5.75 Å². The molecule has 1 aliphatic rings. The van der Waals surface area contributed by atoms with Gasteiger partial charge in [0.2, 0.25) is 5.95 Å². The summed E-state index contributed by atoms with van der Waals surface area (Å²) in [7, 11) is 1.56. The molecule has 1 aliphatic heterocycles. The molecule has 1 atom stereocenters. The van der Waals surface area contributed by atoms with Gasteiger partial charge in [-0.1, -0.05) is 19.1 Å². The number of aliphatic hydroxyl groups excluding tert-OH is 1. The Hall–Kier alpha value is -3.15. The van der Waals surface area contributed by atoms with E-state index in [9.17, 15) is 14.7 Å². The summed E-state index contributed by atoms with van der Waals surface area (Å²) in [5.41, 5.74) is 0.563. The van der Waals surface area contributed by atoms with Gasteiger partial charge in [-0.05, 0) is 37.1 Å². The highest BCUT2D eigenvalue weighted by atomic mass is 16.5. The molecule has 4 rings (SSSR count). The summed E-state index contributed by atoms with van der Waals surface area (Å²) in [6.45, 7) is 7.09. The van der Waals surface area contributed by atoms with Crippen LogP contribution >= 0.6 is 0 Å². The van der Waals surface area contributed by atoms with Crippen molar-refractivity contribution in [1.82, 2.24) is 24.0 Å². The number of aromatic nitrogens is 4. The Morgan fingerprint density at radius 1 is 1.29 bits per heavy atom. The Labute approximate surface area is 203 Å². The van der Waals surface area contributed by atoms with E-state index < -0.39 is 17.4 Å². The molecule has 190 valence electrons. The zero-order valence-electron chi connectivity index (χ0n) is 20.3. The normalized spacial score (nSPS) is 15.4. The summed E-state index contributed by atoms with van der Waals surface area (Å²) in [4.78, 5) is 33.9. The molecular formula is C24H34N6O5. The average molecular weight is 487 g/mol. The number of nitrogens with one attached hydrogen (secondary N) is 2. The van der Waals surface area contributed by atoms with Crippen LogP contribution < -0.4 is 21.3 Å². The van der Waals surface area contributed by atoms with Crippen LogP contribution in [0.25, 0.3) is 11.2 Å². The summed E-state index contributed by atoms with van der Waals surface area (Å²) >= 11 is 0. The molecule has 2 aromatic heterocycles. The van der Waals surface area contributed by atoms with E-state index in [4.69, 9.17) is 9.47 Å². The molecule has 35 heavy (non-hydrogen) atoms. The second kappa shape index (κ2) is 11.5. The van der Waals surface area contributed by atoms with Gasteiger partial charge in [0.25, 0.3) is 5.56 Å². The van der Waals surface area contributed by atoms with Gasteiger partial charge in [0, 0.05) is 26.7 Å². The number of fused-ring (bicyclic) bond motifs is 1. The number of imidazole rings is 1. The van der Waals surface area contributed by atoms with Crippen LogP contribution in [0.15, 0.2) is 33.9 Å². The fourth-order valence-electron chi connectivity index (χ4n) is 4.19. The maximum atomic E-state index is 12.7. The summed E-state index contributed by atoms with van der Waals surface area (Å²) in [5.74, 6) is 1.11. The molecule has 11 heteroatoms. The summed E-state index contributed by atoms with van der Waals surface area (Å²) in [6.07, 6.45) is 0.865. The van der Waals surface area contributed by atoms with Crippen molar-refractivity contribution in [3.63, 3.8) is 0 Å². The molecule has 0 amide bonds. The van der Waals surface area contributed by atoms with Crippen molar-refractivity contribution in [2.24, 2.45) is 7.05 Å². The topological polar surface area (TPSA) is 127 Å². The molecule has 3 N–H and O–H groups in total. The quantitative estimate of drug-likeness (QED) is 0.336. The fraction of sp³-hybridized carbons (Fsp3) is 0.542. The van der Waals surface area contributed by atoms with Crippen LogP contribution in [0.1, 0.15) is 18.9 Å². The van der Waals surface area contributed by atoms with Crippen LogP contribution in [0.3, 0.4) is 0 Å². The molecule has 3 heterocycles. The predicted octanol–water partition coefficient (Wildman–Crippen LogP) is 0.560. The zero-order valence-corrected chi connectivity index (χ0v) is 20.3. The number of hydrogen-bond donors (Lipinski definition) is 3. The Morgan fingerprint density at radius 3 is 2.86 bits per heavy atom. The molecule has 0 radical (unpaired) electrons. The third-order valence-electron chi connectivity index (χ3n) is 6.19. The smallest absolute Gasteiger partial charge is 0.329 e. The lowest BCUT2D eigenvalue weighted by Crippen LogP contribution is -2.37. The van der Waals surface area contributed by atoms with Crippen molar-refractivity contribution in [3.8, 4) is 5.75 Å². The molecule has 0 saturated carbocycles. The predicted molar refractivity (Wildman–Crippen MR) is 133 cm³/mol. The second-order valence-corrected chi connectivity index (χ2v) is 8.74. The number of hydrogen-bond acceptors (Lipinski definition) is 8. The van der Waals surface area contributed by atoms with E-state index in [-0.39, 0.29) is 24.3 Å². The Balaban J connectivity index is 1.48. The fourth-order valence-corrected chi connectivity index (χ4v) is 4.19. The minimum Gasteiger partial charge on any atom is -0.491 e. The average Bonchev–Trinajstić information content (AvgIpc) is 3.23. The summed E-state index contributed by atoms with van der Waals surface area (Å²) in [6, 6.07) is 7.74. The van der Waals surface area contributed by atoms with Gasteiger partial charge in [-0.15, -0.1) is 0 Å². The van der Waals surface area contributed by atoms with E-state index in [1.807, 2.05) is 24.3 Å². The number of rotatable bonds is 11. The molecule has 11 nitrogen and oxygen atoms in total. The highest BCUT2D eigenvalue weighted by molar-refractivity contribution is 5.74. The van der Waals surface area contributed by atoms with Gasteiger partial charge in [0.05, 0.1) is 19.8 Å². The standard InChI is InChI=1S/C24H34N6O5/c1-3-17-6-4-7-19(14-17)35-16-18(31)15-30-20-21(28(2)24(33)27-22(20)32)26-23(30)25-8-5-9-29-10-12-34-13-11-29/h4,6-7,14,18,31H,3,5,8-13,15-16H2,1-2H3,(H,25,26)(H,27,32,33). The van der Waals surface area contributed by atoms with E-state index in [0.29, 0.717) is 18.2 Å². The molecule has 0 aliphatic carbocycles. The molecule has 1 fully saturated rings. The van der Waals surface area contributed by atoms with E-state index in [1.165, 1.54) is 4.57 Å². The van der Waals surface area contributed by atoms with Crippen molar-refractivity contribution in [3.05, 3.63) is 50.7 Å². The lowest BCUT2D eigenvalue weighted by atomic mass is 10.2. The lowest BCUT2D eigenvalue weighted by Gasteiger charge is -2.26. The molecule has 0 spiro atoms. The molecule has 0 bridgehead atoms. The van der Waals surface area contributed by atoms with Gasteiger partial charge < -0.3 is 24.5 Å². The van der Waals surface area contributed by atoms with Crippen molar-refractivity contribution >= 4 is 17.1 Å². The van der Waals surface area contributed by atoms with E-state index in [2.05, 4.69) is 27.1 Å². The molecule has 1 unspecified atom stereocenters. The molecular weight excluding hydrogens is 452 g/mol. The Bertz CT molecular complexity index is 1240. The first-order valence-corrected chi connectivity index (χ1v) is 12.1. The minimum absolute atomic E-state index is 0.0486. The van der Waals surface area contributed by atoms with Gasteiger partial charge in [0.1, 0.15) is 18.5 Å². The lowest BCUT2D eigenvalue weighted by molar-refractivity contribution is 0.0378. The monoisotopic (exact) mass is 486 g/mol. The third kappa shape index (κ3) is 6.11. The van der Waals surface area contributed by atoms with Crippen molar-refractivity contribution < 1.29 is 14.6 Å². The van der Waals surface area contributed by atoms with E-state index >= 15 is 0 Å². The number of nitrogens with zero attached hydrogens (tertiary/aromatic N) is 4. The summed E-state index contributed by atoms with van der Waals surface area (Å²) in [5, 5.41) is 14.0.